The summed E-state index contributed by atoms with van der Waals surface area (Å²) in [6.45, 7) is 6.28. The first-order valence-corrected chi connectivity index (χ1v) is 6.23. The molecule has 1 atom stereocenters. The molecule has 0 nitrogen and oxygen atoms in total. The fourth-order valence-corrected chi connectivity index (χ4v) is 2.56. The molecule has 1 radical (unpaired) electrons. The van der Waals surface area contributed by atoms with Gasteiger partial charge < -0.3 is 0 Å². The Morgan fingerprint density at radius 3 is 3.08 bits per heavy atom. The van der Waals surface area contributed by atoms with Crippen LogP contribution in [0, 0.1) is 6.92 Å². The number of rotatable bonds is 5. The molecule has 67 valence electrons. The lowest BCUT2D eigenvalue weighted by molar-refractivity contribution is 0.867. The Labute approximate surface area is 83.4 Å². The highest BCUT2D eigenvalue weighted by atomic mass is 32.2. The summed E-state index contributed by atoms with van der Waals surface area (Å²) < 4.78 is 0. The van der Waals surface area contributed by atoms with Crippen molar-refractivity contribution in [2.75, 3.05) is 5.75 Å². The first kappa shape index (κ1) is 10.1. The van der Waals surface area contributed by atoms with Gasteiger partial charge in [0.25, 0.3) is 0 Å². The molecule has 0 N–H and O–H groups in total. The molecular weight excluding hydrogens is 184 g/mol. The topological polar surface area (TPSA) is 0 Å². The lowest BCUT2D eigenvalue weighted by Gasteiger charge is -2.07. The van der Waals surface area contributed by atoms with Gasteiger partial charge >= 0.3 is 0 Å². The second kappa shape index (κ2) is 5.65. The third kappa shape index (κ3) is 3.63. The smallest absolute Gasteiger partial charge is 0.00508 e. The lowest BCUT2D eigenvalue weighted by atomic mass is 10.2. The zero-order valence-electron chi connectivity index (χ0n) is 7.45. The van der Waals surface area contributed by atoms with E-state index in [-0.39, 0.29) is 0 Å². The largest absolute Gasteiger partial charge is 0.159 e. The fourth-order valence-electron chi connectivity index (χ4n) is 1.08. The van der Waals surface area contributed by atoms with Crippen LogP contribution in [0.25, 0.3) is 0 Å². The second-order valence-electron chi connectivity index (χ2n) is 2.70. The van der Waals surface area contributed by atoms with Gasteiger partial charge in [0.05, 0.1) is 0 Å². The van der Waals surface area contributed by atoms with Crippen LogP contribution in [-0.4, -0.2) is 11.0 Å². The van der Waals surface area contributed by atoms with Crippen LogP contribution in [0.2, 0.25) is 0 Å². The first-order valence-electron chi connectivity index (χ1n) is 4.30. The molecule has 0 amide bonds. The van der Waals surface area contributed by atoms with Crippen molar-refractivity contribution in [1.82, 2.24) is 0 Å². The van der Waals surface area contributed by atoms with Gasteiger partial charge in [0.1, 0.15) is 0 Å². The Morgan fingerprint density at radius 2 is 2.50 bits per heavy atom. The first-order chi connectivity index (χ1) is 5.83. The number of hydrogen-bond acceptors (Lipinski definition) is 2. The number of thiophene rings is 1. The number of aryl methyl sites for hydroxylation is 1. The minimum Gasteiger partial charge on any atom is -0.159 e. The van der Waals surface area contributed by atoms with E-state index in [2.05, 4.69) is 31.4 Å². The van der Waals surface area contributed by atoms with Gasteiger partial charge in [-0.05, 0) is 37.0 Å². The van der Waals surface area contributed by atoms with E-state index in [1.807, 2.05) is 23.1 Å². The Bertz CT molecular complexity index is 192. The normalized spacial score (nSPS) is 13.2. The molecule has 1 heterocycles. The highest BCUT2D eigenvalue weighted by Gasteiger charge is 2.01. The highest BCUT2D eigenvalue weighted by Crippen LogP contribution is 2.18. The Hall–Kier alpha value is 0.0500. The van der Waals surface area contributed by atoms with Crippen molar-refractivity contribution < 1.29 is 0 Å². The molecule has 0 aliphatic carbocycles. The Kier molecular flexibility index (Phi) is 4.77. The standard InChI is InChI=1S/C10H15S2/c1-3-11-9(2)6-7-10-5-4-8-12-10/h4-5,8-9H,2-3,6-7H2,1H3. The molecule has 0 aliphatic heterocycles. The molecule has 1 unspecified atom stereocenters. The highest BCUT2D eigenvalue weighted by molar-refractivity contribution is 7.99. The van der Waals surface area contributed by atoms with Crippen molar-refractivity contribution in [2.45, 2.75) is 25.0 Å². The third-order valence-electron chi connectivity index (χ3n) is 1.70. The summed E-state index contributed by atoms with van der Waals surface area (Å²) in [6, 6.07) is 4.32. The summed E-state index contributed by atoms with van der Waals surface area (Å²) in [5, 5.41) is 2.71. The maximum absolute atomic E-state index is 4.09. The van der Waals surface area contributed by atoms with Crippen LogP contribution in [0.1, 0.15) is 18.2 Å². The molecule has 2 heteroatoms. The zero-order valence-corrected chi connectivity index (χ0v) is 9.09. The van der Waals surface area contributed by atoms with Crippen LogP contribution in [0.4, 0.5) is 0 Å². The van der Waals surface area contributed by atoms with Gasteiger partial charge in [-0.2, -0.15) is 11.8 Å². The average molecular weight is 199 g/mol. The summed E-state index contributed by atoms with van der Waals surface area (Å²) in [5.41, 5.74) is 0. The van der Waals surface area contributed by atoms with Gasteiger partial charge in [0.2, 0.25) is 0 Å². The monoisotopic (exact) mass is 199 g/mol. The van der Waals surface area contributed by atoms with Crippen LogP contribution < -0.4 is 0 Å². The van der Waals surface area contributed by atoms with Crippen molar-refractivity contribution in [3.63, 3.8) is 0 Å². The quantitative estimate of drug-likeness (QED) is 0.697. The summed E-state index contributed by atoms with van der Waals surface area (Å²) in [7, 11) is 0. The van der Waals surface area contributed by atoms with Crippen LogP contribution in [0.15, 0.2) is 17.5 Å². The van der Waals surface area contributed by atoms with Crippen molar-refractivity contribution in [1.29, 1.82) is 0 Å². The average Bonchev–Trinajstić information content (AvgIpc) is 2.53. The van der Waals surface area contributed by atoms with E-state index < -0.39 is 0 Å². The Morgan fingerprint density at radius 1 is 1.67 bits per heavy atom. The lowest BCUT2D eigenvalue weighted by Crippen LogP contribution is -1.98. The molecule has 0 spiro atoms. The molecule has 1 aromatic heterocycles. The fraction of sp³-hybridized carbons (Fsp3) is 0.500. The summed E-state index contributed by atoms with van der Waals surface area (Å²) >= 11 is 3.79. The van der Waals surface area contributed by atoms with Gasteiger partial charge in [-0.25, -0.2) is 0 Å². The van der Waals surface area contributed by atoms with Crippen LogP contribution in [-0.2, 0) is 6.42 Å². The third-order valence-corrected chi connectivity index (χ3v) is 3.67. The minimum atomic E-state index is 0.567. The molecule has 0 saturated heterocycles. The molecule has 1 aromatic rings. The van der Waals surface area contributed by atoms with Crippen LogP contribution in [0.5, 0.6) is 0 Å². The van der Waals surface area contributed by atoms with E-state index in [0.717, 1.165) is 0 Å². The van der Waals surface area contributed by atoms with Gasteiger partial charge in [-0.1, -0.05) is 13.0 Å². The second-order valence-corrected chi connectivity index (χ2v) is 5.30. The molecule has 1 rings (SSSR count). The molecule has 12 heavy (non-hydrogen) atoms. The predicted molar refractivity (Wildman–Crippen MR) is 59.9 cm³/mol. The van der Waals surface area contributed by atoms with Gasteiger partial charge in [0, 0.05) is 10.1 Å². The molecule has 0 aromatic carbocycles. The van der Waals surface area contributed by atoms with Gasteiger partial charge in [-0.3, -0.25) is 0 Å². The minimum absolute atomic E-state index is 0.567. The van der Waals surface area contributed by atoms with Gasteiger partial charge in [0.15, 0.2) is 0 Å². The van der Waals surface area contributed by atoms with Crippen LogP contribution in [0.3, 0.4) is 0 Å². The van der Waals surface area contributed by atoms with E-state index in [1.165, 1.54) is 23.5 Å². The molecule has 0 bridgehead atoms. The summed E-state index contributed by atoms with van der Waals surface area (Å²) in [6.07, 6.45) is 2.40. The van der Waals surface area contributed by atoms with Crippen molar-refractivity contribution in [3.05, 3.63) is 29.3 Å². The Balaban J connectivity index is 2.17. The maximum atomic E-state index is 4.09. The zero-order chi connectivity index (χ0) is 8.81. The van der Waals surface area contributed by atoms with E-state index >= 15 is 0 Å². The van der Waals surface area contributed by atoms with E-state index in [1.54, 1.807) is 0 Å². The van der Waals surface area contributed by atoms with Crippen molar-refractivity contribution in [3.8, 4) is 0 Å². The van der Waals surface area contributed by atoms with Crippen molar-refractivity contribution >= 4 is 23.1 Å². The molecule has 0 saturated carbocycles. The SMILES string of the molecule is [CH2]C(CCc1cccs1)SCC. The van der Waals surface area contributed by atoms with E-state index in [0.29, 0.717) is 5.25 Å². The van der Waals surface area contributed by atoms with E-state index in [4.69, 9.17) is 0 Å². The predicted octanol–water partition coefficient (Wildman–Crippen LogP) is 3.64. The van der Waals surface area contributed by atoms with E-state index in [9.17, 15) is 0 Å². The molecule has 0 fully saturated rings. The summed E-state index contributed by atoms with van der Waals surface area (Å²) in [4.78, 5) is 1.49. The molecular formula is C10H15S2. The van der Waals surface area contributed by atoms with Gasteiger partial charge in [-0.15, -0.1) is 11.3 Å². The molecule has 0 aliphatic rings. The summed E-state index contributed by atoms with van der Waals surface area (Å²) in [5.74, 6) is 1.18. The number of hydrogen-bond donors (Lipinski definition) is 0. The maximum Gasteiger partial charge on any atom is 0.00508 e. The number of thioether (sulfide) groups is 1. The van der Waals surface area contributed by atoms with Crippen LogP contribution >= 0.6 is 23.1 Å². The van der Waals surface area contributed by atoms with Crippen molar-refractivity contribution in [2.24, 2.45) is 0 Å².